The van der Waals surface area contributed by atoms with Gasteiger partial charge in [0.2, 0.25) is 10.0 Å². The van der Waals surface area contributed by atoms with Gasteiger partial charge in [0.15, 0.2) is 9.84 Å². The maximum absolute atomic E-state index is 12.7. The Morgan fingerprint density at radius 3 is 2.04 bits per heavy atom. The molecule has 0 bridgehead atoms. The standard InChI is InChI=1S/C14H24N2O4S2.ClH/c1-5-14(6-2,10-15)16-22(19,20)13-9-12(21(4,17)18)8-7-11(13)3;/h7-9,16H,5-6,10,15H2,1-4H3;1H. The first-order valence-corrected chi connectivity index (χ1v) is 10.4. The monoisotopic (exact) mass is 384 g/mol. The van der Waals surface area contributed by atoms with E-state index in [1.807, 2.05) is 13.8 Å². The number of hydrogen-bond donors (Lipinski definition) is 2. The van der Waals surface area contributed by atoms with Crippen molar-refractivity contribution in [3.63, 3.8) is 0 Å². The molecular weight excluding hydrogens is 360 g/mol. The summed E-state index contributed by atoms with van der Waals surface area (Å²) in [5.41, 5.74) is 5.48. The van der Waals surface area contributed by atoms with E-state index in [4.69, 9.17) is 5.73 Å². The zero-order valence-corrected chi connectivity index (χ0v) is 16.2. The average Bonchev–Trinajstić information content (AvgIpc) is 2.44. The van der Waals surface area contributed by atoms with Crippen LogP contribution < -0.4 is 10.5 Å². The summed E-state index contributed by atoms with van der Waals surface area (Å²) in [5.74, 6) is 0. The van der Waals surface area contributed by atoms with E-state index in [0.29, 0.717) is 18.4 Å². The van der Waals surface area contributed by atoms with Crippen molar-refractivity contribution < 1.29 is 16.8 Å². The largest absolute Gasteiger partial charge is 0.329 e. The Morgan fingerprint density at radius 2 is 1.65 bits per heavy atom. The number of sulfonamides is 1. The van der Waals surface area contributed by atoms with Crippen molar-refractivity contribution in [2.24, 2.45) is 5.73 Å². The van der Waals surface area contributed by atoms with Gasteiger partial charge in [-0.15, -0.1) is 12.4 Å². The van der Waals surface area contributed by atoms with E-state index in [-0.39, 0.29) is 28.7 Å². The Bertz CT molecular complexity index is 734. The third-order valence-corrected chi connectivity index (χ3v) is 6.80. The lowest BCUT2D eigenvalue weighted by molar-refractivity contribution is 0.363. The molecule has 0 unspecified atom stereocenters. The van der Waals surface area contributed by atoms with Crippen LogP contribution in [0.15, 0.2) is 28.0 Å². The van der Waals surface area contributed by atoms with Crippen molar-refractivity contribution in [3.8, 4) is 0 Å². The summed E-state index contributed by atoms with van der Waals surface area (Å²) in [4.78, 5) is -0.0556. The number of aryl methyl sites for hydroxylation is 1. The van der Waals surface area contributed by atoms with E-state index in [1.165, 1.54) is 18.2 Å². The van der Waals surface area contributed by atoms with E-state index in [9.17, 15) is 16.8 Å². The molecule has 1 rings (SSSR count). The number of benzene rings is 1. The van der Waals surface area contributed by atoms with Gasteiger partial charge in [-0.2, -0.15) is 0 Å². The van der Waals surface area contributed by atoms with Crippen LogP contribution in [-0.2, 0) is 19.9 Å². The fourth-order valence-electron chi connectivity index (χ4n) is 2.17. The predicted molar refractivity (Wildman–Crippen MR) is 94.2 cm³/mol. The summed E-state index contributed by atoms with van der Waals surface area (Å²) >= 11 is 0. The number of nitrogens with one attached hydrogen (secondary N) is 1. The van der Waals surface area contributed by atoms with Crippen molar-refractivity contribution in [2.45, 2.75) is 48.9 Å². The van der Waals surface area contributed by atoms with Crippen molar-refractivity contribution in [2.75, 3.05) is 12.8 Å². The maximum Gasteiger partial charge on any atom is 0.241 e. The molecular formula is C14H25ClN2O4S2. The lowest BCUT2D eigenvalue weighted by atomic mass is 9.95. The molecule has 134 valence electrons. The Hall–Kier alpha value is -0.670. The van der Waals surface area contributed by atoms with Crippen LogP contribution in [0.4, 0.5) is 0 Å². The quantitative estimate of drug-likeness (QED) is 0.742. The van der Waals surface area contributed by atoms with Gasteiger partial charge in [-0.3, -0.25) is 0 Å². The smallest absolute Gasteiger partial charge is 0.241 e. The molecule has 3 N–H and O–H groups in total. The summed E-state index contributed by atoms with van der Waals surface area (Å²) in [7, 11) is -7.34. The fraction of sp³-hybridized carbons (Fsp3) is 0.571. The topological polar surface area (TPSA) is 106 Å². The minimum Gasteiger partial charge on any atom is -0.329 e. The zero-order valence-electron chi connectivity index (χ0n) is 13.8. The van der Waals surface area contributed by atoms with Crippen LogP contribution in [0.2, 0.25) is 0 Å². The molecule has 6 nitrogen and oxygen atoms in total. The summed E-state index contributed by atoms with van der Waals surface area (Å²) in [6.45, 7) is 5.52. The fourth-order valence-corrected chi connectivity index (χ4v) is 4.71. The molecule has 0 aromatic heterocycles. The van der Waals surface area contributed by atoms with Crippen LogP contribution in [0.3, 0.4) is 0 Å². The second-order valence-electron chi connectivity index (χ2n) is 5.50. The third kappa shape index (κ3) is 5.15. The molecule has 0 aliphatic rings. The minimum atomic E-state index is -3.86. The Balaban J connectivity index is 0.00000484. The van der Waals surface area contributed by atoms with Crippen LogP contribution in [0.1, 0.15) is 32.3 Å². The number of hydrogen-bond acceptors (Lipinski definition) is 5. The highest BCUT2D eigenvalue weighted by Gasteiger charge is 2.32. The van der Waals surface area contributed by atoms with Gasteiger partial charge in [0, 0.05) is 18.3 Å². The van der Waals surface area contributed by atoms with Gasteiger partial charge in [-0.25, -0.2) is 21.6 Å². The van der Waals surface area contributed by atoms with E-state index in [1.54, 1.807) is 6.92 Å². The van der Waals surface area contributed by atoms with Crippen LogP contribution >= 0.6 is 12.4 Å². The van der Waals surface area contributed by atoms with Crippen molar-refractivity contribution in [3.05, 3.63) is 23.8 Å². The zero-order chi connectivity index (χ0) is 17.2. The lowest BCUT2D eigenvalue weighted by Gasteiger charge is -2.31. The first kappa shape index (κ1) is 22.3. The molecule has 0 aliphatic heterocycles. The Morgan fingerprint density at radius 1 is 1.13 bits per heavy atom. The predicted octanol–water partition coefficient (Wildman–Crippen LogP) is 1.62. The molecule has 0 saturated heterocycles. The van der Waals surface area contributed by atoms with Crippen LogP contribution in [-0.4, -0.2) is 35.2 Å². The van der Waals surface area contributed by atoms with Crippen molar-refractivity contribution >= 4 is 32.3 Å². The van der Waals surface area contributed by atoms with Crippen LogP contribution in [0.5, 0.6) is 0 Å². The molecule has 0 amide bonds. The number of sulfone groups is 1. The van der Waals surface area contributed by atoms with Gasteiger partial charge in [0.1, 0.15) is 0 Å². The molecule has 0 heterocycles. The second kappa shape index (κ2) is 7.94. The van der Waals surface area contributed by atoms with E-state index in [0.717, 1.165) is 6.26 Å². The highest BCUT2D eigenvalue weighted by atomic mass is 35.5. The van der Waals surface area contributed by atoms with Gasteiger partial charge in [-0.05, 0) is 37.5 Å². The molecule has 0 saturated carbocycles. The first-order valence-electron chi connectivity index (χ1n) is 7.06. The molecule has 23 heavy (non-hydrogen) atoms. The summed E-state index contributed by atoms with van der Waals surface area (Å²) < 4.78 is 51.3. The summed E-state index contributed by atoms with van der Waals surface area (Å²) in [6.07, 6.45) is 2.14. The molecule has 0 radical (unpaired) electrons. The van der Waals surface area contributed by atoms with Gasteiger partial charge in [-0.1, -0.05) is 19.9 Å². The molecule has 0 aliphatic carbocycles. The summed E-state index contributed by atoms with van der Waals surface area (Å²) in [6, 6.07) is 4.09. The SMILES string of the molecule is CCC(CC)(CN)NS(=O)(=O)c1cc(S(C)(=O)=O)ccc1C.Cl. The molecule has 0 spiro atoms. The molecule has 1 aromatic rings. The number of rotatable bonds is 7. The normalized spacial score (nSPS) is 12.7. The second-order valence-corrected chi connectivity index (χ2v) is 9.16. The molecule has 0 fully saturated rings. The third-order valence-electron chi connectivity index (χ3n) is 3.97. The number of nitrogens with two attached hydrogens (primary N) is 1. The molecule has 0 atom stereocenters. The van der Waals surface area contributed by atoms with Crippen molar-refractivity contribution in [1.82, 2.24) is 4.72 Å². The highest BCUT2D eigenvalue weighted by Crippen LogP contribution is 2.23. The van der Waals surface area contributed by atoms with Crippen LogP contribution in [0, 0.1) is 6.92 Å². The highest BCUT2D eigenvalue weighted by molar-refractivity contribution is 7.91. The maximum atomic E-state index is 12.7. The van der Waals surface area contributed by atoms with Gasteiger partial charge in [0.05, 0.1) is 9.79 Å². The summed E-state index contributed by atoms with van der Waals surface area (Å²) in [5, 5.41) is 0. The molecule has 9 heteroatoms. The molecule has 1 aromatic carbocycles. The van der Waals surface area contributed by atoms with Gasteiger partial charge >= 0.3 is 0 Å². The first-order chi connectivity index (χ1) is 10.0. The van der Waals surface area contributed by atoms with E-state index in [2.05, 4.69) is 4.72 Å². The van der Waals surface area contributed by atoms with Crippen molar-refractivity contribution in [1.29, 1.82) is 0 Å². The Kier molecular flexibility index (Phi) is 7.70. The average molecular weight is 385 g/mol. The van der Waals surface area contributed by atoms with Gasteiger partial charge < -0.3 is 5.73 Å². The van der Waals surface area contributed by atoms with E-state index >= 15 is 0 Å². The van der Waals surface area contributed by atoms with Crippen LogP contribution in [0.25, 0.3) is 0 Å². The Labute approximate surface area is 145 Å². The number of halogens is 1. The van der Waals surface area contributed by atoms with Gasteiger partial charge in [0.25, 0.3) is 0 Å². The van der Waals surface area contributed by atoms with E-state index < -0.39 is 25.4 Å². The minimum absolute atomic E-state index is 0. The lowest BCUT2D eigenvalue weighted by Crippen LogP contribution is -2.52.